The van der Waals surface area contributed by atoms with E-state index in [1.807, 2.05) is 13.0 Å². The molecule has 0 heterocycles. The van der Waals surface area contributed by atoms with E-state index in [2.05, 4.69) is 5.32 Å². The topological polar surface area (TPSA) is 89.1 Å². The summed E-state index contributed by atoms with van der Waals surface area (Å²) in [4.78, 5) is 0. The van der Waals surface area contributed by atoms with Gasteiger partial charge in [-0.25, -0.2) is 0 Å². The van der Waals surface area contributed by atoms with Gasteiger partial charge < -0.3 is 15.2 Å². The zero-order valence-corrected chi connectivity index (χ0v) is 17.0. The Hall–Kier alpha value is -2.92. The molecule has 0 unspecified atom stereocenters. The van der Waals surface area contributed by atoms with E-state index in [-0.39, 0.29) is 12.2 Å². The molecule has 0 fully saturated rings. The largest absolute Gasteiger partial charge is 0.507 e. The normalized spacial score (nSPS) is 11.1. The number of nitrogens with one attached hydrogen (secondary N) is 2. The number of benzene rings is 2. The Balaban J connectivity index is 2.00. The van der Waals surface area contributed by atoms with Gasteiger partial charge in [0.05, 0.1) is 28.9 Å². The van der Waals surface area contributed by atoms with E-state index in [1.165, 1.54) is 6.07 Å². The minimum Gasteiger partial charge on any atom is -0.507 e. The predicted molar refractivity (Wildman–Crippen MR) is 110 cm³/mol. The van der Waals surface area contributed by atoms with E-state index in [0.29, 0.717) is 47.8 Å². The van der Waals surface area contributed by atoms with Crippen molar-refractivity contribution in [1.29, 1.82) is 10.7 Å². The highest BCUT2D eigenvalue weighted by molar-refractivity contribution is 6.33. The molecule has 0 aromatic heterocycles. The monoisotopic (exact) mass is 439 g/mol. The van der Waals surface area contributed by atoms with Gasteiger partial charge in [-0.3, -0.25) is 5.41 Å². The molecule has 2 aromatic rings. The highest BCUT2D eigenvalue weighted by Gasteiger charge is 2.37. The quantitative estimate of drug-likeness (QED) is 0.346. The SMILES string of the molecule is CCCc1c(OCCCNc2ccc(C#N)cc2Cl)ccc(C(=N)C(F)(F)F)c1O. The fourth-order valence-corrected chi connectivity index (χ4v) is 3.05. The molecule has 0 saturated carbocycles. The van der Waals surface area contributed by atoms with Crippen LogP contribution in [0.4, 0.5) is 18.9 Å². The number of hydrogen-bond acceptors (Lipinski definition) is 5. The maximum atomic E-state index is 12.8. The molecule has 9 heteroatoms. The van der Waals surface area contributed by atoms with Crippen molar-refractivity contribution < 1.29 is 23.0 Å². The smallest absolute Gasteiger partial charge is 0.433 e. The molecule has 0 saturated heterocycles. The van der Waals surface area contributed by atoms with Gasteiger partial charge >= 0.3 is 6.18 Å². The van der Waals surface area contributed by atoms with Crippen LogP contribution < -0.4 is 10.1 Å². The average molecular weight is 440 g/mol. The maximum absolute atomic E-state index is 12.8. The van der Waals surface area contributed by atoms with Crippen LogP contribution >= 0.6 is 11.6 Å². The van der Waals surface area contributed by atoms with Crippen LogP contribution in [0, 0.1) is 16.7 Å². The minimum atomic E-state index is -4.85. The molecule has 0 spiro atoms. The molecule has 2 aromatic carbocycles. The van der Waals surface area contributed by atoms with Gasteiger partial charge in [0.2, 0.25) is 0 Å². The molecule has 0 bridgehead atoms. The third-order valence-corrected chi connectivity index (χ3v) is 4.60. The van der Waals surface area contributed by atoms with E-state index in [4.69, 9.17) is 27.0 Å². The number of rotatable bonds is 9. The summed E-state index contributed by atoms with van der Waals surface area (Å²) < 4.78 is 44.2. The van der Waals surface area contributed by atoms with Gasteiger partial charge in [-0.1, -0.05) is 24.9 Å². The summed E-state index contributed by atoms with van der Waals surface area (Å²) >= 11 is 6.09. The molecule has 2 rings (SSSR count). The second kappa shape index (κ2) is 10.2. The second-order valence-corrected chi connectivity index (χ2v) is 6.90. The summed E-state index contributed by atoms with van der Waals surface area (Å²) in [5.74, 6) is -0.274. The number of phenolic OH excluding ortho intramolecular Hbond substituents is 1. The lowest BCUT2D eigenvalue weighted by atomic mass is 10.00. The number of aromatic hydroxyl groups is 1. The Morgan fingerprint density at radius 1 is 1.30 bits per heavy atom. The number of hydrogen-bond donors (Lipinski definition) is 3. The Labute approximate surface area is 177 Å². The molecule has 0 aliphatic rings. The van der Waals surface area contributed by atoms with Crippen LogP contribution in [0.25, 0.3) is 0 Å². The molecule has 0 aliphatic heterocycles. The van der Waals surface area contributed by atoms with Gasteiger partial charge in [-0.15, -0.1) is 0 Å². The molecule has 160 valence electrons. The zero-order valence-electron chi connectivity index (χ0n) is 16.2. The lowest BCUT2D eigenvalue weighted by Crippen LogP contribution is -2.23. The van der Waals surface area contributed by atoms with E-state index in [9.17, 15) is 18.3 Å². The van der Waals surface area contributed by atoms with Crippen LogP contribution in [0.2, 0.25) is 5.02 Å². The molecule has 0 aliphatic carbocycles. The van der Waals surface area contributed by atoms with Crippen molar-refractivity contribution in [3.8, 4) is 17.6 Å². The number of ether oxygens (including phenoxy) is 1. The number of alkyl halides is 3. The summed E-state index contributed by atoms with van der Waals surface area (Å²) in [6.07, 6.45) is -3.38. The lowest BCUT2D eigenvalue weighted by Gasteiger charge is -2.17. The highest BCUT2D eigenvalue weighted by atomic mass is 35.5. The lowest BCUT2D eigenvalue weighted by molar-refractivity contribution is -0.0588. The Morgan fingerprint density at radius 2 is 2.03 bits per heavy atom. The van der Waals surface area contributed by atoms with E-state index in [0.717, 1.165) is 6.07 Å². The summed E-state index contributed by atoms with van der Waals surface area (Å²) in [6, 6.07) is 9.30. The first-order valence-corrected chi connectivity index (χ1v) is 9.64. The fourth-order valence-electron chi connectivity index (χ4n) is 2.80. The third-order valence-electron chi connectivity index (χ3n) is 4.28. The van der Waals surface area contributed by atoms with Crippen molar-refractivity contribution in [2.75, 3.05) is 18.5 Å². The first-order chi connectivity index (χ1) is 14.2. The fraction of sp³-hybridized carbons (Fsp3) is 0.333. The molecule has 0 atom stereocenters. The Kier molecular flexibility index (Phi) is 7.95. The second-order valence-electron chi connectivity index (χ2n) is 6.50. The first kappa shape index (κ1) is 23.4. The van der Waals surface area contributed by atoms with Crippen molar-refractivity contribution in [1.82, 2.24) is 0 Å². The van der Waals surface area contributed by atoms with Crippen LogP contribution in [0.1, 0.15) is 36.5 Å². The highest BCUT2D eigenvalue weighted by Crippen LogP contribution is 2.36. The summed E-state index contributed by atoms with van der Waals surface area (Å²) in [5, 5.41) is 30.0. The average Bonchev–Trinajstić information content (AvgIpc) is 2.70. The van der Waals surface area contributed by atoms with E-state index >= 15 is 0 Å². The summed E-state index contributed by atoms with van der Waals surface area (Å²) in [7, 11) is 0. The van der Waals surface area contributed by atoms with Crippen LogP contribution in [0.15, 0.2) is 30.3 Å². The number of anilines is 1. The molecule has 5 nitrogen and oxygen atoms in total. The standard InChI is InChI=1S/C21H21ClF3N3O2/c1-2-4-14-18(8-6-15(19(14)29)20(27)21(23,24)25)30-10-3-9-28-17-7-5-13(12-26)11-16(17)22/h5-8,11,27-29H,2-4,9-10H2,1H3. The van der Waals surface area contributed by atoms with Gasteiger partial charge in [0.15, 0.2) is 0 Å². The van der Waals surface area contributed by atoms with Crippen LogP contribution in [-0.2, 0) is 6.42 Å². The number of nitrogens with zero attached hydrogens (tertiary/aromatic N) is 1. The molecule has 3 N–H and O–H groups in total. The molecule has 0 amide bonds. The van der Waals surface area contributed by atoms with Gasteiger partial charge in [-0.05, 0) is 43.2 Å². The molecular formula is C21H21ClF3N3O2. The molecular weight excluding hydrogens is 419 g/mol. The first-order valence-electron chi connectivity index (χ1n) is 9.26. The Morgan fingerprint density at radius 3 is 2.63 bits per heavy atom. The van der Waals surface area contributed by atoms with Crippen LogP contribution in [0.5, 0.6) is 11.5 Å². The van der Waals surface area contributed by atoms with Crippen molar-refractivity contribution in [3.05, 3.63) is 52.0 Å². The van der Waals surface area contributed by atoms with E-state index < -0.39 is 23.2 Å². The van der Waals surface area contributed by atoms with Gasteiger partial charge in [-0.2, -0.15) is 18.4 Å². The van der Waals surface area contributed by atoms with Crippen LogP contribution in [-0.4, -0.2) is 30.1 Å². The van der Waals surface area contributed by atoms with Crippen LogP contribution in [0.3, 0.4) is 0 Å². The minimum absolute atomic E-state index is 0.257. The van der Waals surface area contributed by atoms with Crippen molar-refractivity contribution in [3.63, 3.8) is 0 Å². The van der Waals surface area contributed by atoms with Crippen molar-refractivity contribution >= 4 is 23.0 Å². The zero-order chi connectivity index (χ0) is 22.3. The maximum Gasteiger partial charge on any atom is 0.433 e. The molecule has 30 heavy (non-hydrogen) atoms. The number of nitriles is 1. The third kappa shape index (κ3) is 5.80. The van der Waals surface area contributed by atoms with Crippen molar-refractivity contribution in [2.45, 2.75) is 32.4 Å². The van der Waals surface area contributed by atoms with E-state index in [1.54, 1.807) is 18.2 Å². The predicted octanol–water partition coefficient (Wildman–Crippen LogP) is 5.68. The van der Waals surface area contributed by atoms with Gasteiger partial charge in [0.1, 0.15) is 17.2 Å². The summed E-state index contributed by atoms with van der Waals surface area (Å²) in [5.41, 5.74) is -0.760. The molecule has 0 radical (unpaired) electrons. The Bertz CT molecular complexity index is 956. The van der Waals surface area contributed by atoms with Crippen molar-refractivity contribution in [2.24, 2.45) is 0 Å². The summed E-state index contributed by atoms with van der Waals surface area (Å²) in [6.45, 7) is 2.60. The number of halogens is 4. The number of phenols is 1. The van der Waals surface area contributed by atoms with Gasteiger partial charge in [0, 0.05) is 17.7 Å². The van der Waals surface area contributed by atoms with Gasteiger partial charge in [0.25, 0.3) is 0 Å².